The predicted molar refractivity (Wildman–Crippen MR) is 127 cm³/mol. The zero-order valence-electron chi connectivity index (χ0n) is 17.5. The van der Waals surface area contributed by atoms with E-state index in [0.717, 1.165) is 63.5 Å². The summed E-state index contributed by atoms with van der Waals surface area (Å²) >= 11 is 0. The summed E-state index contributed by atoms with van der Waals surface area (Å²) in [5, 5.41) is 3.56. The molecule has 1 fully saturated rings. The second kappa shape index (κ2) is 12.0. The van der Waals surface area contributed by atoms with Gasteiger partial charge in [0.05, 0.1) is 12.3 Å². The summed E-state index contributed by atoms with van der Waals surface area (Å²) in [6.45, 7) is 10.6. The maximum atomic E-state index is 5.70. The minimum Gasteiger partial charge on any atom is -0.468 e. The quantitative estimate of drug-likeness (QED) is 0.347. The first kappa shape index (κ1) is 23.4. The Hall–Kier alpha value is -1.88. The van der Waals surface area contributed by atoms with E-state index in [9.17, 15) is 0 Å². The molecule has 1 aliphatic rings. The number of likely N-dealkylation sites (N-methyl/N-ethyl adjacent to an activating group) is 1. The van der Waals surface area contributed by atoms with Crippen molar-refractivity contribution < 1.29 is 4.42 Å². The van der Waals surface area contributed by atoms with Crippen molar-refractivity contribution in [2.45, 2.75) is 19.9 Å². The van der Waals surface area contributed by atoms with Crippen LogP contribution < -0.4 is 10.2 Å². The average molecular weight is 513 g/mol. The van der Waals surface area contributed by atoms with Crippen LogP contribution in [0.5, 0.6) is 0 Å². The van der Waals surface area contributed by atoms with Crippen LogP contribution in [0.1, 0.15) is 25.6 Å². The number of aromatic nitrogens is 2. The number of anilines is 1. The van der Waals surface area contributed by atoms with Crippen molar-refractivity contribution in [2.24, 2.45) is 4.99 Å². The monoisotopic (exact) mass is 513 g/mol. The van der Waals surface area contributed by atoms with Crippen molar-refractivity contribution in [3.05, 3.63) is 42.6 Å². The van der Waals surface area contributed by atoms with Gasteiger partial charge in [-0.15, -0.1) is 24.0 Å². The highest BCUT2D eigenvalue weighted by molar-refractivity contribution is 14.0. The van der Waals surface area contributed by atoms with Gasteiger partial charge in [-0.3, -0.25) is 9.89 Å². The van der Waals surface area contributed by atoms with Gasteiger partial charge in [0.15, 0.2) is 5.96 Å². The standard InChI is InChI=1S/C20H31N7O.HI/c1-4-25(5-2)17(18-8-6-15-28-18)16-24-19(21-3)26-11-13-27(14-12-26)20-22-9-7-10-23-20;/h6-10,15,17H,4-5,11-14,16H2,1-3H3,(H,21,24);1H. The van der Waals surface area contributed by atoms with Crippen molar-refractivity contribution in [2.75, 3.05) is 57.8 Å². The molecule has 2 aromatic rings. The first-order valence-corrected chi connectivity index (χ1v) is 10.0. The normalized spacial score (nSPS) is 15.9. The van der Waals surface area contributed by atoms with Crippen LogP contribution in [0.25, 0.3) is 0 Å². The fourth-order valence-corrected chi connectivity index (χ4v) is 3.65. The summed E-state index contributed by atoms with van der Waals surface area (Å²) in [6, 6.07) is 6.02. The van der Waals surface area contributed by atoms with Crippen LogP contribution in [0, 0.1) is 0 Å². The minimum absolute atomic E-state index is 0. The van der Waals surface area contributed by atoms with E-state index < -0.39 is 0 Å². The Kier molecular flexibility index (Phi) is 9.65. The summed E-state index contributed by atoms with van der Waals surface area (Å²) in [6.07, 6.45) is 5.32. The molecule has 3 heterocycles. The molecule has 1 unspecified atom stereocenters. The Labute approximate surface area is 190 Å². The van der Waals surface area contributed by atoms with Crippen molar-refractivity contribution in [1.82, 2.24) is 25.1 Å². The third-order valence-electron chi connectivity index (χ3n) is 5.20. The lowest BCUT2D eigenvalue weighted by Crippen LogP contribution is -2.53. The fraction of sp³-hybridized carbons (Fsp3) is 0.550. The lowest BCUT2D eigenvalue weighted by Gasteiger charge is -2.37. The van der Waals surface area contributed by atoms with Crippen LogP contribution in [0.2, 0.25) is 0 Å². The van der Waals surface area contributed by atoms with E-state index in [0.29, 0.717) is 0 Å². The van der Waals surface area contributed by atoms with Gasteiger partial charge >= 0.3 is 0 Å². The van der Waals surface area contributed by atoms with Crippen molar-refractivity contribution in [1.29, 1.82) is 0 Å². The second-order valence-electron chi connectivity index (χ2n) is 6.70. The highest BCUT2D eigenvalue weighted by Crippen LogP contribution is 2.20. The molecule has 2 aromatic heterocycles. The maximum absolute atomic E-state index is 5.70. The SMILES string of the molecule is CCN(CC)C(CNC(=NC)N1CCN(c2ncccn2)CC1)c1ccco1.I. The van der Waals surface area contributed by atoms with E-state index in [4.69, 9.17) is 4.42 Å². The highest BCUT2D eigenvalue weighted by atomic mass is 127. The topological polar surface area (TPSA) is 73.0 Å². The number of hydrogen-bond donors (Lipinski definition) is 1. The number of hydrogen-bond acceptors (Lipinski definition) is 6. The second-order valence-corrected chi connectivity index (χ2v) is 6.70. The molecule has 0 amide bonds. The fourth-order valence-electron chi connectivity index (χ4n) is 3.65. The third-order valence-corrected chi connectivity index (χ3v) is 5.20. The largest absolute Gasteiger partial charge is 0.468 e. The van der Waals surface area contributed by atoms with Gasteiger partial charge in [0.1, 0.15) is 5.76 Å². The van der Waals surface area contributed by atoms with E-state index >= 15 is 0 Å². The smallest absolute Gasteiger partial charge is 0.225 e. The molecule has 3 rings (SSSR count). The van der Waals surface area contributed by atoms with Gasteiger partial charge in [-0.05, 0) is 31.3 Å². The molecule has 0 aliphatic carbocycles. The van der Waals surface area contributed by atoms with Gasteiger partial charge in [-0.1, -0.05) is 13.8 Å². The molecule has 0 spiro atoms. The van der Waals surface area contributed by atoms with E-state index in [2.05, 4.69) is 48.8 Å². The minimum atomic E-state index is 0. The molecule has 8 nitrogen and oxygen atoms in total. The molecular weight excluding hydrogens is 481 g/mol. The van der Waals surface area contributed by atoms with Crippen LogP contribution in [0.4, 0.5) is 5.95 Å². The molecule has 0 radical (unpaired) electrons. The lowest BCUT2D eigenvalue weighted by atomic mass is 10.2. The number of halogens is 1. The van der Waals surface area contributed by atoms with Crippen LogP contribution in [-0.4, -0.2) is 78.6 Å². The van der Waals surface area contributed by atoms with Gasteiger partial charge in [0, 0.05) is 52.2 Å². The zero-order chi connectivity index (χ0) is 19.8. The van der Waals surface area contributed by atoms with Crippen molar-refractivity contribution >= 4 is 35.9 Å². The molecule has 1 atom stereocenters. The Morgan fingerprint density at radius 1 is 1.17 bits per heavy atom. The van der Waals surface area contributed by atoms with Crippen molar-refractivity contribution in [3.8, 4) is 0 Å². The molecule has 9 heteroatoms. The van der Waals surface area contributed by atoms with Gasteiger partial charge < -0.3 is 19.5 Å². The van der Waals surface area contributed by atoms with E-state index in [1.807, 2.05) is 25.2 Å². The van der Waals surface area contributed by atoms with Crippen LogP contribution in [-0.2, 0) is 0 Å². The molecule has 1 aliphatic heterocycles. The van der Waals surface area contributed by atoms with Crippen LogP contribution >= 0.6 is 24.0 Å². The molecular formula is C20H32IN7O. The number of piperazine rings is 1. The summed E-state index contributed by atoms with van der Waals surface area (Å²) in [5.41, 5.74) is 0. The first-order chi connectivity index (χ1) is 13.8. The number of furan rings is 1. The zero-order valence-corrected chi connectivity index (χ0v) is 19.8. The number of guanidine groups is 1. The first-order valence-electron chi connectivity index (χ1n) is 10.0. The molecule has 1 saturated heterocycles. The molecule has 0 aromatic carbocycles. The van der Waals surface area contributed by atoms with Crippen LogP contribution in [0.15, 0.2) is 46.3 Å². The number of rotatable bonds is 7. The summed E-state index contributed by atoms with van der Waals surface area (Å²) in [7, 11) is 1.84. The molecule has 0 bridgehead atoms. The van der Waals surface area contributed by atoms with Gasteiger partial charge in [-0.25, -0.2) is 9.97 Å². The predicted octanol–water partition coefficient (Wildman–Crippen LogP) is 2.47. The maximum Gasteiger partial charge on any atom is 0.225 e. The Bertz CT molecular complexity index is 714. The number of nitrogens with one attached hydrogen (secondary N) is 1. The van der Waals surface area contributed by atoms with Gasteiger partial charge in [-0.2, -0.15) is 0 Å². The van der Waals surface area contributed by atoms with Crippen LogP contribution in [0.3, 0.4) is 0 Å². The third kappa shape index (κ3) is 6.05. The molecule has 1 N–H and O–H groups in total. The summed E-state index contributed by atoms with van der Waals surface area (Å²) in [5.74, 6) is 2.71. The number of nitrogens with zero attached hydrogens (tertiary/aromatic N) is 6. The highest BCUT2D eigenvalue weighted by Gasteiger charge is 2.24. The summed E-state index contributed by atoms with van der Waals surface area (Å²) < 4.78 is 5.70. The molecule has 0 saturated carbocycles. The number of aliphatic imine (C=N–C) groups is 1. The lowest BCUT2D eigenvalue weighted by molar-refractivity contribution is 0.192. The Morgan fingerprint density at radius 3 is 2.41 bits per heavy atom. The van der Waals surface area contributed by atoms with E-state index in [-0.39, 0.29) is 30.0 Å². The average Bonchev–Trinajstić information content (AvgIpc) is 3.29. The molecule has 160 valence electrons. The van der Waals surface area contributed by atoms with Gasteiger partial charge in [0.25, 0.3) is 0 Å². The van der Waals surface area contributed by atoms with Gasteiger partial charge in [0.2, 0.25) is 5.95 Å². The summed E-state index contributed by atoms with van der Waals surface area (Å²) in [4.78, 5) is 20.1. The van der Waals surface area contributed by atoms with E-state index in [1.54, 1.807) is 18.7 Å². The van der Waals surface area contributed by atoms with Crippen molar-refractivity contribution in [3.63, 3.8) is 0 Å². The van der Waals surface area contributed by atoms with E-state index in [1.165, 1.54) is 0 Å². The molecule has 29 heavy (non-hydrogen) atoms. The Morgan fingerprint density at radius 2 is 1.86 bits per heavy atom. The Balaban J connectivity index is 0.00000300.